The summed E-state index contributed by atoms with van der Waals surface area (Å²) in [6.45, 7) is 1.21. The predicted molar refractivity (Wildman–Crippen MR) is 85.5 cm³/mol. The van der Waals surface area contributed by atoms with Crippen molar-refractivity contribution in [2.24, 2.45) is 0 Å². The highest BCUT2D eigenvalue weighted by atomic mass is 32.2. The van der Waals surface area contributed by atoms with Gasteiger partial charge in [-0.05, 0) is 26.2 Å². The molecule has 0 saturated carbocycles. The second-order valence-corrected chi connectivity index (χ2v) is 5.79. The van der Waals surface area contributed by atoms with Crippen molar-refractivity contribution in [2.45, 2.75) is 12.3 Å². The van der Waals surface area contributed by atoms with Crippen LogP contribution in [-0.4, -0.2) is 43.3 Å². The van der Waals surface area contributed by atoms with E-state index >= 15 is 0 Å². The molecule has 1 aromatic rings. The van der Waals surface area contributed by atoms with Crippen LogP contribution in [0, 0.1) is 10.1 Å². The Morgan fingerprint density at radius 3 is 2.86 bits per heavy atom. The third-order valence-electron chi connectivity index (χ3n) is 2.45. The van der Waals surface area contributed by atoms with Crippen molar-refractivity contribution in [1.82, 2.24) is 15.7 Å². The number of hydrogen-bond acceptors (Lipinski definition) is 8. The van der Waals surface area contributed by atoms with Crippen LogP contribution in [0.4, 0.5) is 0 Å². The van der Waals surface area contributed by atoms with Crippen molar-refractivity contribution in [3.63, 3.8) is 0 Å². The number of hydroxylamine groups is 1. The molecule has 1 rings (SSSR count). The monoisotopic (exact) mass is 330 g/mol. The fourth-order valence-electron chi connectivity index (χ4n) is 1.55. The molecule has 22 heavy (non-hydrogen) atoms. The van der Waals surface area contributed by atoms with Crippen molar-refractivity contribution in [1.29, 1.82) is 0 Å². The molecule has 0 fully saturated rings. The summed E-state index contributed by atoms with van der Waals surface area (Å²) in [4.78, 5) is 16.9. The van der Waals surface area contributed by atoms with E-state index in [9.17, 15) is 10.1 Å². The van der Waals surface area contributed by atoms with Crippen LogP contribution >= 0.6 is 11.8 Å². The fourth-order valence-corrected chi connectivity index (χ4v) is 2.25. The number of furan rings is 1. The zero-order valence-electron chi connectivity index (χ0n) is 13.0. The molecule has 0 spiro atoms. The molecule has 2 N–H and O–H groups in total. The van der Waals surface area contributed by atoms with E-state index in [1.54, 1.807) is 18.8 Å². The van der Waals surface area contributed by atoms with Crippen LogP contribution in [0.15, 0.2) is 28.6 Å². The first-order chi connectivity index (χ1) is 10.5. The molecular weight excluding hydrogens is 308 g/mol. The summed E-state index contributed by atoms with van der Waals surface area (Å²) in [6, 6.07) is 3.96. The van der Waals surface area contributed by atoms with E-state index in [1.165, 1.54) is 0 Å². The van der Waals surface area contributed by atoms with Gasteiger partial charge in [0.05, 0.1) is 23.8 Å². The Kier molecular flexibility index (Phi) is 8.41. The van der Waals surface area contributed by atoms with Crippen LogP contribution in [0.3, 0.4) is 0 Å². The number of nitro groups is 1. The lowest BCUT2D eigenvalue weighted by Crippen LogP contribution is -2.25. The van der Waals surface area contributed by atoms with E-state index in [0.717, 1.165) is 35.8 Å². The molecular formula is C13H22N4O4S. The molecule has 0 aliphatic heterocycles. The molecule has 1 heterocycles. The van der Waals surface area contributed by atoms with E-state index in [4.69, 9.17) is 9.25 Å². The molecule has 0 aliphatic rings. The Bertz CT molecular complexity index is 490. The first kappa shape index (κ1) is 18.3. The third kappa shape index (κ3) is 7.91. The van der Waals surface area contributed by atoms with Gasteiger partial charge in [0.1, 0.15) is 11.5 Å². The van der Waals surface area contributed by atoms with Crippen LogP contribution < -0.4 is 10.8 Å². The highest BCUT2D eigenvalue weighted by Gasteiger charge is 2.04. The van der Waals surface area contributed by atoms with Crippen molar-refractivity contribution in [3.8, 4) is 0 Å². The third-order valence-corrected chi connectivity index (χ3v) is 3.39. The Morgan fingerprint density at radius 1 is 1.50 bits per heavy atom. The molecule has 124 valence electrons. The van der Waals surface area contributed by atoms with Gasteiger partial charge in [-0.25, -0.2) is 5.48 Å². The molecule has 1 aromatic heterocycles. The fraction of sp³-hybridized carbons (Fsp3) is 0.538. The number of rotatable bonds is 11. The predicted octanol–water partition coefficient (Wildman–Crippen LogP) is 1.39. The summed E-state index contributed by atoms with van der Waals surface area (Å²) < 4.78 is 5.69. The van der Waals surface area contributed by atoms with Gasteiger partial charge in [-0.1, -0.05) is 0 Å². The summed E-state index contributed by atoms with van der Waals surface area (Å²) in [5, 5.41) is 12.9. The maximum atomic E-state index is 10.3. The van der Waals surface area contributed by atoms with Crippen molar-refractivity contribution in [3.05, 3.63) is 45.8 Å². The summed E-state index contributed by atoms with van der Waals surface area (Å²) in [5.74, 6) is 3.59. The highest BCUT2D eigenvalue weighted by molar-refractivity contribution is 7.98. The standard InChI is InChI=1S/C13H22N4O4S/c1-14-13(9-17(18)19)15-20-6-7-22-10-12-5-4-11(21-12)8-16(2)3/h4-5,9,14-15H,6-8,10H2,1-3H3. The van der Waals surface area contributed by atoms with E-state index in [2.05, 4.69) is 10.8 Å². The summed E-state index contributed by atoms with van der Waals surface area (Å²) >= 11 is 1.67. The van der Waals surface area contributed by atoms with Crippen LogP contribution in [0.5, 0.6) is 0 Å². The smallest absolute Gasteiger partial charge is 0.276 e. The summed E-state index contributed by atoms with van der Waals surface area (Å²) in [5.41, 5.74) is 2.49. The molecule has 0 amide bonds. The lowest BCUT2D eigenvalue weighted by atomic mass is 10.4. The number of thioether (sulfide) groups is 1. The van der Waals surface area contributed by atoms with Crippen LogP contribution in [0.2, 0.25) is 0 Å². The molecule has 0 aliphatic carbocycles. The summed E-state index contributed by atoms with van der Waals surface area (Å²) in [6.07, 6.45) is 0.808. The van der Waals surface area contributed by atoms with Crippen LogP contribution in [-0.2, 0) is 17.1 Å². The van der Waals surface area contributed by atoms with Crippen molar-refractivity contribution in [2.75, 3.05) is 33.5 Å². The van der Waals surface area contributed by atoms with Gasteiger partial charge >= 0.3 is 0 Å². The SMILES string of the molecule is CNC(=C[N+](=O)[O-])NOCCSCc1ccc(CN(C)C)o1. The van der Waals surface area contributed by atoms with E-state index in [1.807, 2.05) is 31.1 Å². The zero-order chi connectivity index (χ0) is 16.4. The molecule has 0 bridgehead atoms. The average Bonchev–Trinajstić information content (AvgIpc) is 2.87. The first-order valence-electron chi connectivity index (χ1n) is 6.72. The van der Waals surface area contributed by atoms with Crippen LogP contribution in [0.25, 0.3) is 0 Å². The normalized spacial score (nSPS) is 11.7. The second kappa shape index (κ2) is 10.1. The minimum Gasteiger partial charge on any atom is -0.464 e. The van der Waals surface area contributed by atoms with Gasteiger partial charge in [0, 0.05) is 12.8 Å². The molecule has 0 saturated heterocycles. The average molecular weight is 330 g/mol. The number of nitrogens with zero attached hydrogens (tertiary/aromatic N) is 2. The lowest BCUT2D eigenvalue weighted by molar-refractivity contribution is -0.404. The minimum atomic E-state index is -0.556. The topological polar surface area (TPSA) is 92.8 Å². The van der Waals surface area contributed by atoms with Crippen LogP contribution in [0.1, 0.15) is 11.5 Å². The van der Waals surface area contributed by atoms with E-state index in [0.29, 0.717) is 6.61 Å². The molecule has 0 unspecified atom stereocenters. The van der Waals surface area contributed by atoms with Gasteiger partial charge in [-0.2, -0.15) is 11.8 Å². The maximum Gasteiger partial charge on any atom is 0.276 e. The van der Waals surface area contributed by atoms with Gasteiger partial charge in [0.2, 0.25) is 0 Å². The quantitative estimate of drug-likeness (QED) is 0.357. The highest BCUT2D eigenvalue weighted by Crippen LogP contribution is 2.16. The number of nitrogens with one attached hydrogen (secondary N) is 2. The largest absolute Gasteiger partial charge is 0.464 e. The van der Waals surface area contributed by atoms with Gasteiger partial charge in [-0.15, -0.1) is 0 Å². The number of hydrogen-bond donors (Lipinski definition) is 2. The van der Waals surface area contributed by atoms with Gasteiger partial charge < -0.3 is 14.6 Å². The minimum absolute atomic E-state index is 0.203. The zero-order valence-corrected chi connectivity index (χ0v) is 13.8. The van der Waals surface area contributed by atoms with Crippen molar-refractivity contribution < 1.29 is 14.2 Å². The van der Waals surface area contributed by atoms with E-state index in [-0.39, 0.29) is 5.82 Å². The Hall–Kier alpha value is -1.71. The molecule has 0 atom stereocenters. The first-order valence-corrected chi connectivity index (χ1v) is 7.87. The Labute approximate surface area is 134 Å². The molecule has 0 radical (unpaired) electrons. The Morgan fingerprint density at radius 2 is 2.23 bits per heavy atom. The molecule has 8 nitrogen and oxygen atoms in total. The van der Waals surface area contributed by atoms with Crippen molar-refractivity contribution >= 4 is 11.8 Å². The summed E-state index contributed by atoms with van der Waals surface area (Å²) in [7, 11) is 5.56. The molecule has 9 heteroatoms. The van der Waals surface area contributed by atoms with Gasteiger partial charge in [-0.3, -0.25) is 15.0 Å². The van der Waals surface area contributed by atoms with Gasteiger partial charge in [0.15, 0.2) is 5.82 Å². The molecule has 0 aromatic carbocycles. The Balaban J connectivity index is 2.15. The van der Waals surface area contributed by atoms with E-state index < -0.39 is 4.92 Å². The lowest BCUT2D eigenvalue weighted by Gasteiger charge is -2.07. The second-order valence-electron chi connectivity index (χ2n) is 4.69. The maximum absolute atomic E-state index is 10.3. The van der Waals surface area contributed by atoms with Gasteiger partial charge in [0.25, 0.3) is 6.20 Å².